The fourth-order valence-electron chi connectivity index (χ4n) is 3.21. The number of imidazole rings is 1. The van der Waals surface area contributed by atoms with E-state index in [0.717, 1.165) is 0 Å². The SMILES string of the molecule is CCCCCCCCCn1cc[n+](CCCCCCCCC)c1.[Br-]. The summed E-state index contributed by atoms with van der Waals surface area (Å²) in [7, 11) is 0. The van der Waals surface area contributed by atoms with Gasteiger partial charge in [0.25, 0.3) is 0 Å². The monoisotopic (exact) mass is 400 g/mol. The van der Waals surface area contributed by atoms with Gasteiger partial charge in [0.1, 0.15) is 12.4 Å². The number of hydrogen-bond acceptors (Lipinski definition) is 0. The first-order chi connectivity index (χ1) is 11.4. The van der Waals surface area contributed by atoms with E-state index in [2.05, 4.69) is 41.7 Å². The maximum absolute atomic E-state index is 2.37. The Balaban J connectivity index is 0.00000529. The van der Waals surface area contributed by atoms with Crippen LogP contribution >= 0.6 is 0 Å². The number of unbranched alkanes of at least 4 members (excludes halogenated alkanes) is 12. The van der Waals surface area contributed by atoms with Crippen LogP contribution in [0.4, 0.5) is 0 Å². The van der Waals surface area contributed by atoms with Gasteiger partial charge in [0.05, 0.1) is 13.1 Å². The Labute approximate surface area is 161 Å². The van der Waals surface area contributed by atoms with Crippen LogP contribution in [0.15, 0.2) is 18.7 Å². The van der Waals surface area contributed by atoms with E-state index in [0.29, 0.717) is 0 Å². The zero-order chi connectivity index (χ0) is 16.6. The molecule has 0 N–H and O–H groups in total. The number of hydrogen-bond donors (Lipinski definition) is 0. The smallest absolute Gasteiger partial charge is 0.243 e. The molecule has 1 rings (SSSR count). The van der Waals surface area contributed by atoms with Crippen molar-refractivity contribution >= 4 is 0 Å². The van der Waals surface area contributed by atoms with Gasteiger partial charge in [-0.05, 0) is 25.7 Å². The molecule has 0 amide bonds. The quantitative estimate of drug-likeness (QED) is 0.297. The van der Waals surface area contributed by atoms with E-state index in [1.54, 1.807) is 0 Å². The van der Waals surface area contributed by atoms with Crippen molar-refractivity contribution in [3.63, 3.8) is 0 Å². The van der Waals surface area contributed by atoms with Crippen molar-refractivity contribution in [3.05, 3.63) is 18.7 Å². The van der Waals surface area contributed by atoms with Crippen molar-refractivity contribution in [3.8, 4) is 0 Å². The maximum atomic E-state index is 2.37. The Hall–Kier alpha value is -0.310. The van der Waals surface area contributed by atoms with Gasteiger partial charge >= 0.3 is 0 Å². The molecule has 0 atom stereocenters. The lowest BCUT2D eigenvalue weighted by Crippen LogP contribution is -3.00. The van der Waals surface area contributed by atoms with E-state index < -0.39 is 0 Å². The molecule has 142 valence electrons. The first-order valence-electron chi connectivity index (χ1n) is 10.4. The molecule has 0 spiro atoms. The summed E-state index contributed by atoms with van der Waals surface area (Å²) in [6.45, 7) is 6.96. The van der Waals surface area contributed by atoms with Crippen LogP contribution in [-0.2, 0) is 13.1 Å². The minimum atomic E-state index is 0. The molecule has 0 aliphatic heterocycles. The first kappa shape index (κ1) is 23.7. The van der Waals surface area contributed by atoms with Crippen LogP contribution in [0, 0.1) is 0 Å². The van der Waals surface area contributed by atoms with Gasteiger partial charge in [-0.25, -0.2) is 9.13 Å². The molecular formula is C21H41BrN2. The van der Waals surface area contributed by atoms with Crippen LogP contribution < -0.4 is 21.5 Å². The molecule has 2 nitrogen and oxygen atoms in total. The zero-order valence-corrected chi connectivity index (χ0v) is 17.9. The average molecular weight is 401 g/mol. The highest BCUT2D eigenvalue weighted by molar-refractivity contribution is 4.66. The molecule has 0 fully saturated rings. The molecule has 0 aromatic carbocycles. The van der Waals surface area contributed by atoms with E-state index in [-0.39, 0.29) is 17.0 Å². The summed E-state index contributed by atoms with van der Waals surface area (Å²) in [5.74, 6) is 0. The third-order valence-electron chi connectivity index (χ3n) is 4.79. The van der Waals surface area contributed by atoms with Crippen molar-refractivity contribution in [2.24, 2.45) is 0 Å². The van der Waals surface area contributed by atoms with Crippen molar-refractivity contribution in [1.82, 2.24) is 4.57 Å². The molecule has 3 heteroatoms. The van der Waals surface area contributed by atoms with Gasteiger partial charge < -0.3 is 17.0 Å². The minimum Gasteiger partial charge on any atom is -1.00 e. The highest BCUT2D eigenvalue weighted by Gasteiger charge is 2.03. The fourth-order valence-corrected chi connectivity index (χ4v) is 3.21. The van der Waals surface area contributed by atoms with E-state index >= 15 is 0 Å². The summed E-state index contributed by atoms with van der Waals surface area (Å²) in [6, 6.07) is 0. The minimum absolute atomic E-state index is 0. The van der Waals surface area contributed by atoms with Crippen molar-refractivity contribution in [2.45, 2.75) is 117 Å². The summed E-state index contributed by atoms with van der Waals surface area (Å²) in [5, 5.41) is 0. The van der Waals surface area contributed by atoms with Crippen LogP contribution in [-0.4, -0.2) is 4.57 Å². The van der Waals surface area contributed by atoms with E-state index in [4.69, 9.17) is 0 Å². The molecule has 24 heavy (non-hydrogen) atoms. The Kier molecular flexibility index (Phi) is 17.3. The lowest BCUT2D eigenvalue weighted by atomic mass is 10.1. The molecule has 0 aliphatic rings. The lowest BCUT2D eigenvalue weighted by Gasteiger charge is -2.00. The molecule has 1 heterocycles. The summed E-state index contributed by atoms with van der Waals surface area (Å²) < 4.78 is 4.74. The van der Waals surface area contributed by atoms with E-state index in [1.807, 2.05) is 0 Å². The molecular weight excluding hydrogens is 360 g/mol. The van der Waals surface area contributed by atoms with Gasteiger partial charge in [-0.1, -0.05) is 78.1 Å². The van der Waals surface area contributed by atoms with Crippen LogP contribution in [0.1, 0.15) is 104 Å². The molecule has 0 unspecified atom stereocenters. The Morgan fingerprint density at radius 1 is 0.667 bits per heavy atom. The van der Waals surface area contributed by atoms with Gasteiger partial charge in [-0.3, -0.25) is 0 Å². The van der Waals surface area contributed by atoms with Crippen molar-refractivity contribution in [1.29, 1.82) is 0 Å². The first-order valence-corrected chi connectivity index (χ1v) is 10.4. The third kappa shape index (κ3) is 13.0. The summed E-state index contributed by atoms with van der Waals surface area (Å²) in [4.78, 5) is 0. The summed E-state index contributed by atoms with van der Waals surface area (Å²) in [6.07, 6.45) is 26.3. The van der Waals surface area contributed by atoms with Crippen molar-refractivity contribution in [2.75, 3.05) is 0 Å². The number of nitrogens with zero attached hydrogens (tertiary/aromatic N) is 2. The number of aryl methyl sites for hydroxylation is 2. The van der Waals surface area contributed by atoms with Crippen LogP contribution in [0.3, 0.4) is 0 Å². The fraction of sp³-hybridized carbons (Fsp3) is 0.857. The van der Waals surface area contributed by atoms with Gasteiger partial charge in [0.15, 0.2) is 0 Å². The zero-order valence-electron chi connectivity index (χ0n) is 16.3. The van der Waals surface area contributed by atoms with Gasteiger partial charge in [-0.15, -0.1) is 0 Å². The van der Waals surface area contributed by atoms with E-state index in [1.165, 1.54) is 103 Å². The molecule has 1 aromatic rings. The molecule has 0 bridgehead atoms. The van der Waals surface area contributed by atoms with E-state index in [9.17, 15) is 0 Å². The molecule has 0 saturated carbocycles. The van der Waals surface area contributed by atoms with Gasteiger partial charge in [0.2, 0.25) is 6.33 Å². The molecule has 0 aliphatic carbocycles. The Morgan fingerprint density at radius 2 is 1.17 bits per heavy atom. The molecule has 0 saturated heterocycles. The van der Waals surface area contributed by atoms with Crippen molar-refractivity contribution < 1.29 is 21.5 Å². The third-order valence-corrected chi connectivity index (χ3v) is 4.79. The molecule has 0 radical (unpaired) electrons. The predicted molar refractivity (Wildman–Crippen MR) is 101 cm³/mol. The standard InChI is InChI=1S/C21H41N2.BrH/c1-3-5-7-9-11-13-15-17-22-19-20-23(21-22)18-16-14-12-10-8-6-4-2;/h19-21H,3-18H2,1-2H3;1H/q+1;/p-1. The second kappa shape index (κ2) is 17.5. The predicted octanol–water partition coefficient (Wildman–Crippen LogP) is 3.28. The maximum Gasteiger partial charge on any atom is 0.243 e. The van der Waals surface area contributed by atoms with Gasteiger partial charge in [0, 0.05) is 0 Å². The Bertz CT molecular complexity index is 330. The van der Waals surface area contributed by atoms with Crippen LogP contribution in [0.2, 0.25) is 0 Å². The number of aromatic nitrogens is 2. The van der Waals surface area contributed by atoms with Gasteiger partial charge in [-0.2, -0.15) is 0 Å². The lowest BCUT2D eigenvalue weighted by molar-refractivity contribution is -0.696. The van der Waals surface area contributed by atoms with Crippen LogP contribution in [0.25, 0.3) is 0 Å². The van der Waals surface area contributed by atoms with Crippen LogP contribution in [0.5, 0.6) is 0 Å². The summed E-state index contributed by atoms with van der Waals surface area (Å²) >= 11 is 0. The normalized spacial score (nSPS) is 10.8. The highest BCUT2D eigenvalue weighted by Crippen LogP contribution is 2.08. The highest BCUT2D eigenvalue weighted by atomic mass is 79.9. The summed E-state index contributed by atoms with van der Waals surface area (Å²) in [5.41, 5.74) is 0. The Morgan fingerprint density at radius 3 is 1.75 bits per heavy atom. The molecule has 1 aromatic heterocycles. The average Bonchev–Trinajstić information content (AvgIpc) is 3.01. The largest absolute Gasteiger partial charge is 1.00 e. The topological polar surface area (TPSA) is 8.81 Å². The second-order valence-electron chi connectivity index (χ2n) is 7.13. The number of rotatable bonds is 16. The number of halogens is 1. The second-order valence-corrected chi connectivity index (χ2v) is 7.13.